The average Bonchev–Trinajstić information content (AvgIpc) is 2.88. The first-order chi connectivity index (χ1) is 9.10. The van der Waals surface area contributed by atoms with Gasteiger partial charge in [0.15, 0.2) is 5.58 Å². The van der Waals surface area contributed by atoms with Crippen molar-refractivity contribution in [1.82, 2.24) is 14.5 Å². The van der Waals surface area contributed by atoms with Crippen LogP contribution in [-0.4, -0.2) is 14.5 Å². The number of aromatic nitrogens is 3. The summed E-state index contributed by atoms with van der Waals surface area (Å²) in [6.07, 6.45) is 0. The number of benzene rings is 1. The second kappa shape index (κ2) is 4.10. The van der Waals surface area contributed by atoms with Crippen LogP contribution in [0.4, 0.5) is 0 Å². The number of nitrogens with one attached hydrogen (secondary N) is 1. The van der Waals surface area contributed by atoms with E-state index in [4.69, 9.17) is 10.2 Å². The minimum atomic E-state index is -0.451. The Balaban J connectivity index is 2.26. The zero-order valence-corrected chi connectivity index (χ0v) is 10.7. The third kappa shape index (κ3) is 1.77. The molecule has 0 aliphatic rings. The number of hydrogen-bond acceptors (Lipinski definition) is 4. The molecule has 0 atom stereocenters. The summed E-state index contributed by atoms with van der Waals surface area (Å²) in [5.41, 5.74) is 9.66. The van der Waals surface area contributed by atoms with Gasteiger partial charge in [0.05, 0.1) is 16.9 Å². The fourth-order valence-corrected chi connectivity index (χ4v) is 2.27. The molecule has 2 aromatic heterocycles. The van der Waals surface area contributed by atoms with Crippen molar-refractivity contribution in [2.75, 3.05) is 0 Å². The van der Waals surface area contributed by atoms with Gasteiger partial charge in [-0.3, -0.25) is 4.98 Å². The molecule has 0 aliphatic carbocycles. The third-order valence-corrected chi connectivity index (χ3v) is 3.28. The molecule has 0 amide bonds. The Labute approximate surface area is 108 Å². The van der Waals surface area contributed by atoms with E-state index in [1.54, 1.807) is 0 Å². The standard InChI is InChI=1S/C13H14N4O2/c1-7-15-10(6-14)12(17(7)2)8-3-4-9-11(5-8)19-13(18)16-9/h3-5H,6,14H2,1-2H3,(H,16,18). The van der Waals surface area contributed by atoms with Crippen molar-refractivity contribution in [3.63, 3.8) is 0 Å². The van der Waals surface area contributed by atoms with Crippen LogP contribution < -0.4 is 11.5 Å². The summed E-state index contributed by atoms with van der Waals surface area (Å²) in [7, 11) is 1.94. The fraction of sp³-hybridized carbons (Fsp3) is 0.231. The average molecular weight is 258 g/mol. The summed E-state index contributed by atoms with van der Waals surface area (Å²) in [5.74, 6) is 0.443. The van der Waals surface area contributed by atoms with Crippen LogP contribution in [0.15, 0.2) is 27.4 Å². The second-order valence-corrected chi connectivity index (χ2v) is 4.44. The Hall–Kier alpha value is -2.34. The van der Waals surface area contributed by atoms with Crippen LogP contribution in [0.3, 0.4) is 0 Å². The molecule has 3 aromatic rings. The largest absolute Gasteiger partial charge is 0.417 e. The van der Waals surface area contributed by atoms with Crippen molar-refractivity contribution in [1.29, 1.82) is 0 Å². The van der Waals surface area contributed by atoms with Crippen LogP contribution in [0.5, 0.6) is 0 Å². The monoisotopic (exact) mass is 258 g/mol. The van der Waals surface area contributed by atoms with Crippen LogP contribution in [0.25, 0.3) is 22.4 Å². The second-order valence-electron chi connectivity index (χ2n) is 4.44. The molecule has 0 bridgehead atoms. The van der Waals surface area contributed by atoms with Gasteiger partial charge in [-0.1, -0.05) is 6.07 Å². The molecule has 0 radical (unpaired) electrons. The first kappa shape index (κ1) is 11.7. The van der Waals surface area contributed by atoms with Crippen molar-refractivity contribution in [3.05, 3.63) is 40.3 Å². The quantitative estimate of drug-likeness (QED) is 0.724. The molecule has 0 fully saturated rings. The molecule has 0 saturated carbocycles. The lowest BCUT2D eigenvalue weighted by Crippen LogP contribution is -2.00. The number of H-pyrrole nitrogens is 1. The van der Waals surface area contributed by atoms with Gasteiger partial charge in [0, 0.05) is 19.2 Å². The molecule has 0 saturated heterocycles. The number of rotatable bonds is 2. The van der Waals surface area contributed by atoms with Gasteiger partial charge >= 0.3 is 5.76 Å². The van der Waals surface area contributed by atoms with E-state index in [1.165, 1.54) is 0 Å². The number of imidazole rings is 1. The summed E-state index contributed by atoms with van der Waals surface area (Å²) in [4.78, 5) is 18.2. The summed E-state index contributed by atoms with van der Waals surface area (Å²) >= 11 is 0. The van der Waals surface area contributed by atoms with E-state index in [2.05, 4.69) is 9.97 Å². The molecule has 3 rings (SSSR count). The molecule has 0 unspecified atom stereocenters. The molecule has 6 heteroatoms. The van der Waals surface area contributed by atoms with Crippen molar-refractivity contribution in [3.8, 4) is 11.3 Å². The maximum Gasteiger partial charge on any atom is 0.417 e. The third-order valence-electron chi connectivity index (χ3n) is 3.28. The van der Waals surface area contributed by atoms with Crippen LogP contribution >= 0.6 is 0 Å². The zero-order chi connectivity index (χ0) is 13.6. The highest BCUT2D eigenvalue weighted by molar-refractivity contribution is 5.79. The van der Waals surface area contributed by atoms with Crippen LogP contribution in [0.1, 0.15) is 11.5 Å². The maximum atomic E-state index is 11.2. The minimum absolute atomic E-state index is 0.367. The number of aryl methyl sites for hydroxylation is 1. The lowest BCUT2D eigenvalue weighted by molar-refractivity contribution is 0.555. The maximum absolute atomic E-state index is 11.2. The van der Waals surface area contributed by atoms with E-state index in [1.807, 2.05) is 36.7 Å². The lowest BCUT2D eigenvalue weighted by atomic mass is 10.1. The van der Waals surface area contributed by atoms with Crippen molar-refractivity contribution < 1.29 is 4.42 Å². The van der Waals surface area contributed by atoms with Gasteiger partial charge in [-0.2, -0.15) is 0 Å². The first-order valence-corrected chi connectivity index (χ1v) is 5.95. The number of fused-ring (bicyclic) bond motifs is 1. The van der Waals surface area contributed by atoms with Crippen molar-refractivity contribution in [2.24, 2.45) is 12.8 Å². The van der Waals surface area contributed by atoms with E-state index in [9.17, 15) is 4.79 Å². The van der Waals surface area contributed by atoms with Gasteiger partial charge in [-0.05, 0) is 19.1 Å². The van der Waals surface area contributed by atoms with Gasteiger partial charge in [0.1, 0.15) is 5.82 Å². The zero-order valence-electron chi connectivity index (χ0n) is 10.7. The summed E-state index contributed by atoms with van der Waals surface area (Å²) in [6, 6.07) is 5.56. The number of nitrogens with zero attached hydrogens (tertiary/aromatic N) is 2. The van der Waals surface area contributed by atoms with E-state index >= 15 is 0 Å². The smallest absolute Gasteiger partial charge is 0.408 e. The molecule has 1 aromatic carbocycles. The summed E-state index contributed by atoms with van der Waals surface area (Å²) < 4.78 is 7.06. The number of hydrogen-bond donors (Lipinski definition) is 2. The molecule has 0 spiro atoms. The first-order valence-electron chi connectivity index (χ1n) is 5.95. The molecule has 98 valence electrons. The Bertz CT molecular complexity index is 810. The van der Waals surface area contributed by atoms with Crippen molar-refractivity contribution in [2.45, 2.75) is 13.5 Å². The van der Waals surface area contributed by atoms with E-state index in [-0.39, 0.29) is 0 Å². The normalized spacial score (nSPS) is 11.3. The SMILES string of the molecule is Cc1nc(CN)c(-c2ccc3[nH]c(=O)oc3c2)n1C. The highest BCUT2D eigenvalue weighted by atomic mass is 16.4. The van der Waals surface area contributed by atoms with E-state index in [0.29, 0.717) is 17.6 Å². The molecule has 0 aliphatic heterocycles. The fourth-order valence-electron chi connectivity index (χ4n) is 2.27. The number of nitrogens with two attached hydrogens (primary N) is 1. The Morgan fingerprint density at radius 3 is 3.00 bits per heavy atom. The van der Waals surface area contributed by atoms with Crippen LogP contribution in [0, 0.1) is 6.92 Å². The molecular weight excluding hydrogens is 244 g/mol. The minimum Gasteiger partial charge on any atom is -0.408 e. The summed E-state index contributed by atoms with van der Waals surface area (Å²) in [5, 5.41) is 0. The molecule has 3 N–H and O–H groups in total. The topological polar surface area (TPSA) is 89.8 Å². The number of oxazole rings is 1. The molecule has 19 heavy (non-hydrogen) atoms. The highest BCUT2D eigenvalue weighted by Gasteiger charge is 2.14. The van der Waals surface area contributed by atoms with Gasteiger partial charge in [0.25, 0.3) is 0 Å². The summed E-state index contributed by atoms with van der Waals surface area (Å²) in [6.45, 7) is 2.30. The highest BCUT2D eigenvalue weighted by Crippen LogP contribution is 2.26. The van der Waals surface area contributed by atoms with Gasteiger partial charge in [-0.15, -0.1) is 0 Å². The van der Waals surface area contributed by atoms with Crippen LogP contribution in [-0.2, 0) is 13.6 Å². The molecule has 6 nitrogen and oxygen atoms in total. The Morgan fingerprint density at radius 1 is 1.47 bits per heavy atom. The molecular formula is C13H14N4O2. The van der Waals surface area contributed by atoms with Crippen LogP contribution in [0.2, 0.25) is 0 Å². The van der Waals surface area contributed by atoms with E-state index < -0.39 is 5.76 Å². The van der Waals surface area contributed by atoms with Crippen molar-refractivity contribution >= 4 is 11.1 Å². The number of aromatic amines is 1. The molecule has 2 heterocycles. The lowest BCUT2D eigenvalue weighted by Gasteiger charge is -2.05. The van der Waals surface area contributed by atoms with Gasteiger partial charge < -0.3 is 14.7 Å². The Kier molecular flexibility index (Phi) is 2.53. The predicted octanol–water partition coefficient (Wildman–Crippen LogP) is 1.29. The van der Waals surface area contributed by atoms with Gasteiger partial charge in [0.2, 0.25) is 0 Å². The van der Waals surface area contributed by atoms with E-state index in [0.717, 1.165) is 22.8 Å². The predicted molar refractivity (Wildman–Crippen MR) is 71.7 cm³/mol. The Morgan fingerprint density at radius 2 is 2.26 bits per heavy atom. The van der Waals surface area contributed by atoms with Gasteiger partial charge in [-0.25, -0.2) is 9.78 Å².